The molecule has 0 aliphatic rings. The molecule has 0 atom stereocenters. The topological polar surface area (TPSA) is 48.0 Å². The fourth-order valence-corrected chi connectivity index (χ4v) is 1.92. The first-order valence-electron chi connectivity index (χ1n) is 6.25. The lowest BCUT2D eigenvalue weighted by molar-refractivity contribution is -0.118. The normalized spacial score (nSPS) is 10.8. The summed E-state index contributed by atoms with van der Waals surface area (Å²) in [6.07, 6.45) is 4.16. The Morgan fingerprint density at radius 3 is 2.94 bits per heavy atom. The Morgan fingerprint density at radius 1 is 1.50 bits per heavy atom. The van der Waals surface area contributed by atoms with Gasteiger partial charge in [-0.15, -0.1) is 0 Å². The van der Waals surface area contributed by atoms with E-state index in [1.807, 2.05) is 25.2 Å². The molecule has 0 radical (unpaired) electrons. The van der Waals surface area contributed by atoms with E-state index < -0.39 is 0 Å². The highest BCUT2D eigenvalue weighted by Gasteiger charge is 2.10. The maximum Gasteiger partial charge on any atom is 0.139 e. The number of aryl methyl sites for hydroxylation is 3. The van der Waals surface area contributed by atoms with Gasteiger partial charge in [0.25, 0.3) is 0 Å². The molecule has 2 aromatic rings. The van der Waals surface area contributed by atoms with Gasteiger partial charge in [0, 0.05) is 32.0 Å². The molecule has 0 N–H and O–H groups in total. The van der Waals surface area contributed by atoms with Gasteiger partial charge in [-0.25, -0.2) is 0 Å². The molecule has 0 spiro atoms. The van der Waals surface area contributed by atoms with Crippen molar-refractivity contribution < 1.29 is 9.21 Å². The SMILES string of the molecule is CCc1cc(CC(=O)CCc2ccco2)n(C)n1. The van der Waals surface area contributed by atoms with E-state index in [0.717, 1.165) is 23.6 Å². The van der Waals surface area contributed by atoms with Gasteiger partial charge in [0.15, 0.2) is 0 Å². The molecule has 4 nitrogen and oxygen atoms in total. The summed E-state index contributed by atoms with van der Waals surface area (Å²) < 4.78 is 7.00. The number of Topliss-reactive ketones (excluding diaryl/α,β-unsaturated/α-hetero) is 1. The number of rotatable bonds is 6. The Balaban J connectivity index is 1.88. The summed E-state index contributed by atoms with van der Waals surface area (Å²) in [4.78, 5) is 11.9. The Labute approximate surface area is 107 Å². The van der Waals surface area contributed by atoms with Crippen molar-refractivity contribution in [3.8, 4) is 0 Å². The van der Waals surface area contributed by atoms with Crippen LogP contribution in [0, 0.1) is 0 Å². The second-order valence-electron chi connectivity index (χ2n) is 4.40. The molecule has 96 valence electrons. The van der Waals surface area contributed by atoms with Crippen molar-refractivity contribution in [2.24, 2.45) is 7.05 Å². The quantitative estimate of drug-likeness (QED) is 0.786. The first-order chi connectivity index (χ1) is 8.69. The van der Waals surface area contributed by atoms with E-state index in [4.69, 9.17) is 4.42 Å². The molecule has 0 bridgehead atoms. The number of hydrogen-bond acceptors (Lipinski definition) is 3. The fraction of sp³-hybridized carbons (Fsp3) is 0.429. The van der Waals surface area contributed by atoms with Crippen LogP contribution in [0.1, 0.15) is 30.5 Å². The molecular formula is C14H18N2O2. The predicted octanol–water partition coefficient (Wildman–Crippen LogP) is 2.32. The number of carbonyl (C=O) groups is 1. The first kappa shape index (κ1) is 12.6. The zero-order valence-corrected chi connectivity index (χ0v) is 10.8. The minimum Gasteiger partial charge on any atom is -0.469 e. The third-order valence-corrected chi connectivity index (χ3v) is 3.00. The molecular weight excluding hydrogens is 228 g/mol. The van der Waals surface area contributed by atoms with Gasteiger partial charge in [0.1, 0.15) is 11.5 Å². The van der Waals surface area contributed by atoms with E-state index in [2.05, 4.69) is 12.0 Å². The number of furan rings is 1. The molecule has 0 aliphatic heterocycles. The largest absolute Gasteiger partial charge is 0.469 e. The van der Waals surface area contributed by atoms with Gasteiger partial charge in [-0.3, -0.25) is 9.48 Å². The third kappa shape index (κ3) is 3.09. The summed E-state index contributed by atoms with van der Waals surface area (Å²) in [5.41, 5.74) is 2.02. The molecule has 2 heterocycles. The van der Waals surface area contributed by atoms with Crippen LogP contribution in [0.15, 0.2) is 28.9 Å². The molecule has 0 unspecified atom stereocenters. The van der Waals surface area contributed by atoms with Crippen molar-refractivity contribution in [3.63, 3.8) is 0 Å². The van der Waals surface area contributed by atoms with Crippen LogP contribution in [0.4, 0.5) is 0 Å². The Hall–Kier alpha value is -1.84. The molecule has 0 saturated heterocycles. The molecule has 2 rings (SSSR count). The predicted molar refractivity (Wildman–Crippen MR) is 68.3 cm³/mol. The van der Waals surface area contributed by atoms with Crippen molar-refractivity contribution in [1.29, 1.82) is 0 Å². The Bertz CT molecular complexity index is 512. The van der Waals surface area contributed by atoms with Gasteiger partial charge in [-0.2, -0.15) is 5.10 Å². The first-order valence-corrected chi connectivity index (χ1v) is 6.25. The second-order valence-corrected chi connectivity index (χ2v) is 4.40. The standard InChI is InChI=1S/C14H18N2O2/c1-3-11-9-12(16(2)15-11)10-13(17)6-7-14-5-4-8-18-14/h4-5,8-9H,3,6-7,10H2,1-2H3. The number of carbonyl (C=O) groups excluding carboxylic acids is 1. The van der Waals surface area contributed by atoms with Crippen LogP contribution in [-0.2, 0) is 31.1 Å². The van der Waals surface area contributed by atoms with Crippen molar-refractivity contribution >= 4 is 5.78 Å². The van der Waals surface area contributed by atoms with Gasteiger partial charge in [-0.1, -0.05) is 6.92 Å². The second kappa shape index (κ2) is 5.67. The highest BCUT2D eigenvalue weighted by Crippen LogP contribution is 2.09. The van der Waals surface area contributed by atoms with E-state index in [1.54, 1.807) is 10.9 Å². The molecule has 2 aromatic heterocycles. The monoisotopic (exact) mass is 246 g/mol. The van der Waals surface area contributed by atoms with E-state index in [0.29, 0.717) is 19.3 Å². The minimum absolute atomic E-state index is 0.219. The summed E-state index contributed by atoms with van der Waals surface area (Å²) in [5, 5.41) is 4.34. The van der Waals surface area contributed by atoms with Crippen molar-refractivity contribution in [1.82, 2.24) is 9.78 Å². The summed E-state index contributed by atoms with van der Waals surface area (Å²) in [7, 11) is 1.88. The van der Waals surface area contributed by atoms with Crippen LogP contribution in [0.3, 0.4) is 0 Å². The van der Waals surface area contributed by atoms with Crippen molar-refractivity contribution in [2.45, 2.75) is 32.6 Å². The number of hydrogen-bond donors (Lipinski definition) is 0. The molecule has 0 aromatic carbocycles. The summed E-state index contributed by atoms with van der Waals surface area (Å²) >= 11 is 0. The van der Waals surface area contributed by atoms with Gasteiger partial charge in [0.05, 0.1) is 12.0 Å². The zero-order valence-electron chi connectivity index (χ0n) is 10.8. The molecule has 0 aliphatic carbocycles. The average molecular weight is 246 g/mol. The van der Waals surface area contributed by atoms with Gasteiger partial charge in [0.2, 0.25) is 0 Å². The maximum atomic E-state index is 11.9. The van der Waals surface area contributed by atoms with Crippen LogP contribution in [-0.4, -0.2) is 15.6 Å². The maximum absolute atomic E-state index is 11.9. The third-order valence-electron chi connectivity index (χ3n) is 3.00. The van der Waals surface area contributed by atoms with Gasteiger partial charge < -0.3 is 4.42 Å². The molecule has 0 saturated carbocycles. The minimum atomic E-state index is 0.219. The van der Waals surface area contributed by atoms with E-state index >= 15 is 0 Å². The van der Waals surface area contributed by atoms with Crippen molar-refractivity contribution in [2.75, 3.05) is 0 Å². The smallest absolute Gasteiger partial charge is 0.139 e. The average Bonchev–Trinajstić information content (AvgIpc) is 2.97. The summed E-state index contributed by atoms with van der Waals surface area (Å²) in [6.45, 7) is 2.06. The summed E-state index contributed by atoms with van der Waals surface area (Å²) in [6, 6.07) is 5.74. The Kier molecular flexibility index (Phi) is 3.97. The lowest BCUT2D eigenvalue weighted by Gasteiger charge is -2.00. The molecule has 0 fully saturated rings. The van der Waals surface area contributed by atoms with Crippen LogP contribution in [0.2, 0.25) is 0 Å². The molecule has 0 amide bonds. The highest BCUT2D eigenvalue weighted by molar-refractivity contribution is 5.80. The number of nitrogens with zero attached hydrogens (tertiary/aromatic N) is 2. The van der Waals surface area contributed by atoms with E-state index in [9.17, 15) is 4.79 Å². The molecule has 4 heteroatoms. The molecule has 18 heavy (non-hydrogen) atoms. The lowest BCUT2D eigenvalue weighted by Crippen LogP contribution is -2.08. The number of aromatic nitrogens is 2. The van der Waals surface area contributed by atoms with Gasteiger partial charge >= 0.3 is 0 Å². The highest BCUT2D eigenvalue weighted by atomic mass is 16.3. The van der Waals surface area contributed by atoms with Crippen LogP contribution >= 0.6 is 0 Å². The van der Waals surface area contributed by atoms with E-state index in [-0.39, 0.29) is 5.78 Å². The number of ketones is 1. The van der Waals surface area contributed by atoms with Crippen LogP contribution in [0.5, 0.6) is 0 Å². The summed E-state index contributed by atoms with van der Waals surface area (Å²) in [5.74, 6) is 1.08. The Morgan fingerprint density at radius 2 is 2.33 bits per heavy atom. The van der Waals surface area contributed by atoms with E-state index in [1.165, 1.54) is 0 Å². The van der Waals surface area contributed by atoms with Gasteiger partial charge in [-0.05, 0) is 24.6 Å². The van der Waals surface area contributed by atoms with Crippen molar-refractivity contribution in [3.05, 3.63) is 41.6 Å². The van der Waals surface area contributed by atoms with Crippen LogP contribution in [0.25, 0.3) is 0 Å². The van der Waals surface area contributed by atoms with Crippen LogP contribution < -0.4 is 0 Å². The lowest BCUT2D eigenvalue weighted by atomic mass is 10.1. The fourth-order valence-electron chi connectivity index (χ4n) is 1.92. The zero-order chi connectivity index (χ0) is 13.0.